The number of carboxylic acids is 1. The molecule has 4 aromatic rings. The molecule has 8 heteroatoms. The number of carbonyl (C=O) groups excluding carboxylic acids is 1. The fourth-order valence-corrected chi connectivity index (χ4v) is 4.44. The molecule has 2 heterocycles. The Labute approximate surface area is 227 Å². The van der Waals surface area contributed by atoms with Crippen molar-refractivity contribution in [2.75, 3.05) is 5.32 Å². The van der Waals surface area contributed by atoms with Crippen LogP contribution in [0.25, 0.3) is 11.3 Å². The van der Waals surface area contributed by atoms with Crippen molar-refractivity contribution in [1.82, 2.24) is 10.3 Å². The summed E-state index contributed by atoms with van der Waals surface area (Å²) in [5.74, 6) is -0.0945. The van der Waals surface area contributed by atoms with E-state index >= 15 is 0 Å². The summed E-state index contributed by atoms with van der Waals surface area (Å²) < 4.78 is 5.74. The molecule has 1 unspecified atom stereocenters. The Kier molecular flexibility index (Phi) is 8.42. The first-order chi connectivity index (χ1) is 18.8. The smallest absolute Gasteiger partial charge is 0.326 e. The van der Waals surface area contributed by atoms with Gasteiger partial charge in [0.05, 0.1) is 17.9 Å². The summed E-state index contributed by atoms with van der Waals surface area (Å²) >= 11 is 0. The van der Waals surface area contributed by atoms with Crippen molar-refractivity contribution in [3.05, 3.63) is 106 Å². The van der Waals surface area contributed by atoms with Gasteiger partial charge in [0.25, 0.3) is 5.91 Å². The number of hydrogen-bond donors (Lipinski definition) is 3. The van der Waals surface area contributed by atoms with Gasteiger partial charge in [-0.15, -0.1) is 0 Å². The summed E-state index contributed by atoms with van der Waals surface area (Å²) in [5, 5.41) is 25.0. The topological polar surface area (TPSA) is 128 Å². The lowest BCUT2D eigenvalue weighted by molar-refractivity contribution is -0.139. The third-order valence-electron chi connectivity index (χ3n) is 6.48. The van der Waals surface area contributed by atoms with Crippen LogP contribution in [0.3, 0.4) is 0 Å². The van der Waals surface area contributed by atoms with Crippen molar-refractivity contribution in [1.29, 1.82) is 5.26 Å². The van der Waals surface area contributed by atoms with Crippen LogP contribution in [0.2, 0.25) is 0 Å². The second-order valence-electron chi connectivity index (χ2n) is 9.45. The van der Waals surface area contributed by atoms with Crippen LogP contribution in [0.4, 0.5) is 5.82 Å². The number of amides is 1. The van der Waals surface area contributed by atoms with Crippen molar-refractivity contribution in [2.45, 2.75) is 46.2 Å². The van der Waals surface area contributed by atoms with Gasteiger partial charge in [-0.1, -0.05) is 31.2 Å². The number of carbonyl (C=O) groups is 2. The average Bonchev–Trinajstić information content (AvgIpc) is 3.40. The molecule has 0 bridgehead atoms. The van der Waals surface area contributed by atoms with Gasteiger partial charge in [-0.2, -0.15) is 5.26 Å². The standard InChI is InChI=1S/C31H30N4O4/c1-4-24-13-22(16-32)12-20(3)29(24)30(36)35-26(31(37)38)14-21-5-7-25(8-6-21)27-15-23(18-39-27)17-34-28-11-19(2)9-10-33-28/h5-13,15,18,26H,4,14,17H2,1-3H3,(H,33,34)(H,35,36)(H,37,38). The van der Waals surface area contributed by atoms with Gasteiger partial charge in [-0.25, -0.2) is 9.78 Å². The highest BCUT2D eigenvalue weighted by molar-refractivity contribution is 5.99. The minimum Gasteiger partial charge on any atom is -0.480 e. The van der Waals surface area contributed by atoms with Crippen molar-refractivity contribution >= 4 is 17.7 Å². The highest BCUT2D eigenvalue weighted by atomic mass is 16.4. The van der Waals surface area contributed by atoms with Crippen LogP contribution >= 0.6 is 0 Å². The number of nitrogens with zero attached hydrogens (tertiary/aromatic N) is 2. The first-order valence-corrected chi connectivity index (χ1v) is 12.7. The van der Waals surface area contributed by atoms with Gasteiger partial charge in [-0.3, -0.25) is 4.79 Å². The van der Waals surface area contributed by atoms with E-state index in [1.165, 1.54) is 0 Å². The van der Waals surface area contributed by atoms with Crippen LogP contribution in [0.15, 0.2) is 71.5 Å². The maximum atomic E-state index is 13.1. The molecule has 0 fully saturated rings. The number of rotatable bonds is 10. The number of furan rings is 1. The number of hydrogen-bond acceptors (Lipinski definition) is 6. The van der Waals surface area contributed by atoms with Crippen molar-refractivity contribution in [3.8, 4) is 17.4 Å². The zero-order chi connectivity index (χ0) is 27.9. The molecular weight excluding hydrogens is 492 g/mol. The SMILES string of the molecule is CCc1cc(C#N)cc(C)c1C(=O)NC(Cc1ccc(-c2cc(CNc3cc(C)ccn3)co2)cc1)C(=O)O. The molecule has 0 aliphatic rings. The second kappa shape index (κ2) is 12.1. The average molecular weight is 523 g/mol. The predicted octanol–water partition coefficient (Wildman–Crippen LogP) is 5.43. The van der Waals surface area contributed by atoms with Gasteiger partial charge in [-0.05, 0) is 72.9 Å². The van der Waals surface area contributed by atoms with Gasteiger partial charge in [0.1, 0.15) is 17.6 Å². The summed E-state index contributed by atoms with van der Waals surface area (Å²) in [6, 6.07) is 17.6. The van der Waals surface area contributed by atoms with Crippen molar-refractivity contribution < 1.29 is 19.1 Å². The molecule has 39 heavy (non-hydrogen) atoms. The Morgan fingerprint density at radius 1 is 1.08 bits per heavy atom. The van der Waals surface area contributed by atoms with E-state index in [1.54, 1.807) is 31.5 Å². The largest absolute Gasteiger partial charge is 0.480 e. The normalized spacial score (nSPS) is 11.4. The number of aromatic nitrogens is 1. The minimum absolute atomic E-state index is 0.120. The Morgan fingerprint density at radius 2 is 1.85 bits per heavy atom. The fourth-order valence-electron chi connectivity index (χ4n) is 4.44. The lowest BCUT2D eigenvalue weighted by Gasteiger charge is -2.18. The number of aliphatic carboxylic acids is 1. The monoisotopic (exact) mass is 522 g/mol. The number of pyridine rings is 1. The Bertz CT molecular complexity index is 1530. The number of aryl methyl sites for hydroxylation is 3. The van der Waals surface area contributed by atoms with Gasteiger partial charge >= 0.3 is 5.97 Å². The Balaban J connectivity index is 1.42. The molecule has 4 rings (SSSR count). The molecule has 0 radical (unpaired) electrons. The van der Waals surface area contributed by atoms with E-state index in [0.29, 0.717) is 41.0 Å². The molecule has 198 valence electrons. The molecular formula is C31H30N4O4. The first-order valence-electron chi connectivity index (χ1n) is 12.7. The van der Waals surface area contributed by atoms with Crippen molar-refractivity contribution in [2.24, 2.45) is 0 Å². The quantitative estimate of drug-likeness (QED) is 0.253. The minimum atomic E-state index is -1.12. The zero-order valence-electron chi connectivity index (χ0n) is 22.1. The third kappa shape index (κ3) is 6.70. The number of anilines is 1. The number of benzene rings is 2. The lowest BCUT2D eigenvalue weighted by atomic mass is 9.95. The van der Waals surface area contributed by atoms with Gasteiger partial charge in [0, 0.05) is 35.9 Å². The van der Waals surface area contributed by atoms with Gasteiger partial charge < -0.3 is 20.2 Å². The van der Waals surface area contributed by atoms with E-state index in [0.717, 1.165) is 28.1 Å². The third-order valence-corrected chi connectivity index (χ3v) is 6.48. The van der Waals surface area contributed by atoms with Crippen LogP contribution in [0, 0.1) is 25.2 Å². The Hall–Kier alpha value is -4.90. The van der Waals surface area contributed by atoms with Crippen LogP contribution in [-0.4, -0.2) is 28.0 Å². The van der Waals surface area contributed by atoms with Crippen LogP contribution in [0.5, 0.6) is 0 Å². The van der Waals surface area contributed by atoms with Crippen LogP contribution < -0.4 is 10.6 Å². The van der Waals surface area contributed by atoms with E-state index in [1.807, 2.05) is 56.3 Å². The van der Waals surface area contributed by atoms with E-state index in [-0.39, 0.29) is 6.42 Å². The number of nitrogens with one attached hydrogen (secondary N) is 2. The molecule has 3 N–H and O–H groups in total. The van der Waals surface area contributed by atoms with E-state index in [4.69, 9.17) is 4.42 Å². The summed E-state index contributed by atoms with van der Waals surface area (Å²) in [6.45, 7) is 6.22. The molecule has 0 aliphatic carbocycles. The molecule has 2 aromatic carbocycles. The van der Waals surface area contributed by atoms with Crippen LogP contribution in [0.1, 0.15) is 50.7 Å². The number of nitriles is 1. The summed E-state index contributed by atoms with van der Waals surface area (Å²) in [7, 11) is 0. The summed E-state index contributed by atoms with van der Waals surface area (Å²) in [5.41, 5.74) is 5.95. The molecule has 1 amide bonds. The maximum Gasteiger partial charge on any atom is 0.326 e. The molecule has 0 saturated carbocycles. The first kappa shape index (κ1) is 27.1. The fraction of sp³-hybridized carbons (Fsp3) is 0.226. The molecule has 0 saturated heterocycles. The van der Waals surface area contributed by atoms with Gasteiger partial charge in [0.15, 0.2) is 0 Å². The molecule has 0 spiro atoms. The maximum absolute atomic E-state index is 13.1. The van der Waals surface area contributed by atoms with E-state index in [9.17, 15) is 20.0 Å². The lowest BCUT2D eigenvalue weighted by Crippen LogP contribution is -2.42. The molecule has 1 atom stereocenters. The second-order valence-corrected chi connectivity index (χ2v) is 9.45. The van der Waals surface area contributed by atoms with Gasteiger partial charge in [0.2, 0.25) is 0 Å². The molecule has 8 nitrogen and oxygen atoms in total. The summed E-state index contributed by atoms with van der Waals surface area (Å²) in [6.07, 6.45) is 4.12. The summed E-state index contributed by atoms with van der Waals surface area (Å²) in [4.78, 5) is 29.4. The van der Waals surface area contributed by atoms with E-state index < -0.39 is 17.9 Å². The highest BCUT2D eigenvalue weighted by Crippen LogP contribution is 2.24. The zero-order valence-corrected chi connectivity index (χ0v) is 22.1. The Morgan fingerprint density at radius 3 is 2.51 bits per heavy atom. The van der Waals surface area contributed by atoms with Crippen molar-refractivity contribution in [3.63, 3.8) is 0 Å². The van der Waals surface area contributed by atoms with E-state index in [2.05, 4.69) is 21.7 Å². The highest BCUT2D eigenvalue weighted by Gasteiger charge is 2.24. The molecule has 2 aromatic heterocycles. The van der Waals surface area contributed by atoms with Crippen LogP contribution in [-0.2, 0) is 24.2 Å². The number of carboxylic acid groups (broad SMARTS) is 1. The molecule has 0 aliphatic heterocycles. The predicted molar refractivity (Wildman–Crippen MR) is 148 cm³/mol.